The van der Waals surface area contributed by atoms with E-state index in [9.17, 15) is 0 Å². The van der Waals surface area contributed by atoms with Crippen molar-refractivity contribution >= 4 is 5.69 Å². The fraction of sp³-hybridized carbons (Fsp3) is 0.462. The van der Waals surface area contributed by atoms with Gasteiger partial charge in [-0.25, -0.2) is 0 Å². The highest BCUT2D eigenvalue weighted by atomic mass is 15.1. The molecule has 16 heavy (non-hydrogen) atoms. The molecule has 1 aromatic carbocycles. The molecule has 86 valence electrons. The summed E-state index contributed by atoms with van der Waals surface area (Å²) in [6, 6.07) is 10.3. The zero-order chi connectivity index (χ0) is 12.1. The first-order valence-corrected chi connectivity index (χ1v) is 5.51. The van der Waals surface area contributed by atoms with Crippen LogP contribution in [-0.2, 0) is 0 Å². The standard InChI is InChI=1S/C13H19N3/c1-10(8-14)9-16(3)13-7-5-4-6-12(13)11(2)15/h4-7,10-11H,9,15H2,1-3H3. The van der Waals surface area contributed by atoms with Gasteiger partial charge in [0.1, 0.15) is 0 Å². The maximum absolute atomic E-state index is 8.81. The van der Waals surface area contributed by atoms with Crippen molar-refractivity contribution in [3.8, 4) is 6.07 Å². The van der Waals surface area contributed by atoms with E-state index >= 15 is 0 Å². The number of nitrogens with zero attached hydrogens (tertiary/aromatic N) is 2. The number of nitriles is 1. The molecule has 0 saturated carbocycles. The zero-order valence-electron chi connectivity index (χ0n) is 10.1. The summed E-state index contributed by atoms with van der Waals surface area (Å²) in [7, 11) is 2.00. The van der Waals surface area contributed by atoms with Crippen molar-refractivity contribution in [2.45, 2.75) is 19.9 Å². The predicted molar refractivity (Wildman–Crippen MR) is 67.1 cm³/mol. The minimum atomic E-state index is 0.0102. The molecule has 2 atom stereocenters. The average Bonchev–Trinajstić information content (AvgIpc) is 2.28. The lowest BCUT2D eigenvalue weighted by Gasteiger charge is -2.24. The van der Waals surface area contributed by atoms with Gasteiger partial charge in [-0.2, -0.15) is 5.26 Å². The first kappa shape index (κ1) is 12.5. The number of anilines is 1. The van der Waals surface area contributed by atoms with Crippen LogP contribution in [0.3, 0.4) is 0 Å². The van der Waals surface area contributed by atoms with Gasteiger partial charge >= 0.3 is 0 Å². The third-order valence-corrected chi connectivity index (χ3v) is 2.61. The second-order valence-corrected chi connectivity index (χ2v) is 4.26. The smallest absolute Gasteiger partial charge is 0.0671 e. The molecule has 0 bridgehead atoms. The van der Waals surface area contributed by atoms with Crippen LogP contribution in [0.25, 0.3) is 0 Å². The van der Waals surface area contributed by atoms with E-state index in [1.165, 1.54) is 0 Å². The van der Waals surface area contributed by atoms with E-state index in [-0.39, 0.29) is 12.0 Å². The normalized spacial score (nSPS) is 13.9. The van der Waals surface area contributed by atoms with Crippen LogP contribution in [-0.4, -0.2) is 13.6 Å². The summed E-state index contributed by atoms with van der Waals surface area (Å²) in [6.45, 7) is 4.62. The van der Waals surface area contributed by atoms with E-state index in [1.807, 2.05) is 45.2 Å². The molecule has 0 spiro atoms. The third-order valence-electron chi connectivity index (χ3n) is 2.61. The van der Waals surface area contributed by atoms with Crippen LogP contribution in [0, 0.1) is 17.2 Å². The van der Waals surface area contributed by atoms with Gasteiger partial charge in [-0.3, -0.25) is 0 Å². The summed E-state index contributed by atoms with van der Waals surface area (Å²) in [5.41, 5.74) is 8.16. The van der Waals surface area contributed by atoms with E-state index in [0.29, 0.717) is 0 Å². The van der Waals surface area contributed by atoms with Gasteiger partial charge in [0.15, 0.2) is 0 Å². The molecular formula is C13H19N3. The Balaban J connectivity index is 2.91. The molecule has 2 N–H and O–H groups in total. The van der Waals surface area contributed by atoms with Crippen LogP contribution in [0.1, 0.15) is 25.5 Å². The molecule has 0 amide bonds. The second kappa shape index (κ2) is 5.53. The van der Waals surface area contributed by atoms with Crippen molar-refractivity contribution in [2.24, 2.45) is 11.7 Å². The SMILES string of the molecule is CC(C#N)CN(C)c1ccccc1C(C)N. The van der Waals surface area contributed by atoms with Gasteiger partial charge in [0, 0.05) is 25.3 Å². The summed E-state index contributed by atoms with van der Waals surface area (Å²) in [5, 5.41) is 8.81. The molecule has 0 aliphatic heterocycles. The quantitative estimate of drug-likeness (QED) is 0.842. The van der Waals surface area contributed by atoms with Gasteiger partial charge in [-0.15, -0.1) is 0 Å². The molecule has 0 radical (unpaired) electrons. The van der Waals surface area contributed by atoms with Crippen LogP contribution < -0.4 is 10.6 Å². The molecule has 1 aromatic rings. The average molecular weight is 217 g/mol. The Labute approximate surface area is 97.5 Å². The lowest BCUT2D eigenvalue weighted by molar-refractivity contribution is 0.708. The molecule has 0 heterocycles. The number of hydrogen-bond donors (Lipinski definition) is 1. The molecule has 3 heteroatoms. The molecular weight excluding hydrogens is 198 g/mol. The molecule has 0 aliphatic rings. The van der Waals surface area contributed by atoms with E-state index < -0.39 is 0 Å². The molecule has 0 fully saturated rings. The molecule has 0 aliphatic carbocycles. The predicted octanol–water partition coefficient (Wildman–Crippen LogP) is 2.30. The van der Waals surface area contributed by atoms with Crippen LogP contribution in [0.4, 0.5) is 5.69 Å². The van der Waals surface area contributed by atoms with Crippen molar-refractivity contribution in [1.29, 1.82) is 5.26 Å². The largest absolute Gasteiger partial charge is 0.373 e. The number of benzene rings is 1. The summed E-state index contributed by atoms with van der Waals surface area (Å²) in [5.74, 6) is 0.0196. The van der Waals surface area contributed by atoms with Gasteiger partial charge in [0.2, 0.25) is 0 Å². The third kappa shape index (κ3) is 2.98. The van der Waals surface area contributed by atoms with E-state index in [0.717, 1.165) is 17.8 Å². The van der Waals surface area contributed by atoms with Crippen molar-refractivity contribution in [3.05, 3.63) is 29.8 Å². The molecule has 3 nitrogen and oxygen atoms in total. The van der Waals surface area contributed by atoms with E-state index in [2.05, 4.69) is 11.0 Å². The van der Waals surface area contributed by atoms with Gasteiger partial charge in [0.25, 0.3) is 0 Å². The Morgan fingerprint density at radius 1 is 1.38 bits per heavy atom. The highest BCUT2D eigenvalue weighted by molar-refractivity contribution is 5.54. The summed E-state index contributed by atoms with van der Waals surface area (Å²) < 4.78 is 0. The molecule has 1 rings (SSSR count). The van der Waals surface area contributed by atoms with Crippen molar-refractivity contribution in [1.82, 2.24) is 0 Å². The Hall–Kier alpha value is -1.53. The van der Waals surface area contributed by atoms with E-state index in [1.54, 1.807) is 0 Å². The van der Waals surface area contributed by atoms with Crippen molar-refractivity contribution in [2.75, 3.05) is 18.5 Å². The van der Waals surface area contributed by atoms with Crippen LogP contribution in [0.15, 0.2) is 24.3 Å². The second-order valence-electron chi connectivity index (χ2n) is 4.26. The van der Waals surface area contributed by atoms with Gasteiger partial charge in [-0.1, -0.05) is 18.2 Å². The summed E-state index contributed by atoms with van der Waals surface area (Å²) >= 11 is 0. The Morgan fingerprint density at radius 2 is 2.00 bits per heavy atom. The molecule has 0 saturated heterocycles. The Bertz CT molecular complexity index is 379. The minimum Gasteiger partial charge on any atom is -0.373 e. The zero-order valence-corrected chi connectivity index (χ0v) is 10.1. The topological polar surface area (TPSA) is 53.0 Å². The maximum atomic E-state index is 8.81. The van der Waals surface area contributed by atoms with Crippen LogP contribution in [0.5, 0.6) is 0 Å². The summed E-state index contributed by atoms with van der Waals surface area (Å²) in [6.07, 6.45) is 0. The van der Waals surface area contributed by atoms with Gasteiger partial charge in [0.05, 0.1) is 12.0 Å². The molecule has 2 unspecified atom stereocenters. The maximum Gasteiger partial charge on any atom is 0.0671 e. The fourth-order valence-electron chi connectivity index (χ4n) is 1.77. The lowest BCUT2D eigenvalue weighted by Crippen LogP contribution is -2.25. The number of hydrogen-bond acceptors (Lipinski definition) is 3. The lowest BCUT2D eigenvalue weighted by atomic mass is 10.1. The van der Waals surface area contributed by atoms with E-state index in [4.69, 9.17) is 11.0 Å². The first-order valence-electron chi connectivity index (χ1n) is 5.51. The number of rotatable bonds is 4. The number of nitrogens with two attached hydrogens (primary N) is 1. The highest BCUT2D eigenvalue weighted by Crippen LogP contribution is 2.24. The summed E-state index contributed by atoms with van der Waals surface area (Å²) in [4.78, 5) is 2.09. The monoisotopic (exact) mass is 217 g/mol. The van der Waals surface area contributed by atoms with Gasteiger partial charge in [-0.05, 0) is 25.5 Å². The first-order chi connectivity index (χ1) is 7.56. The van der Waals surface area contributed by atoms with Crippen molar-refractivity contribution in [3.63, 3.8) is 0 Å². The highest BCUT2D eigenvalue weighted by Gasteiger charge is 2.11. The van der Waals surface area contributed by atoms with Crippen LogP contribution in [0.2, 0.25) is 0 Å². The fourth-order valence-corrected chi connectivity index (χ4v) is 1.77. The van der Waals surface area contributed by atoms with Crippen LogP contribution >= 0.6 is 0 Å². The minimum absolute atomic E-state index is 0.0102. The molecule has 0 aromatic heterocycles. The number of para-hydroxylation sites is 1. The van der Waals surface area contributed by atoms with Gasteiger partial charge < -0.3 is 10.6 Å². The Morgan fingerprint density at radius 3 is 2.56 bits per heavy atom. The van der Waals surface area contributed by atoms with Crippen molar-refractivity contribution < 1.29 is 0 Å². The Kier molecular flexibility index (Phi) is 4.33.